The summed E-state index contributed by atoms with van der Waals surface area (Å²) in [6.07, 6.45) is 0.267. The number of furan rings is 1. The van der Waals surface area contributed by atoms with Crippen molar-refractivity contribution >= 4 is 11.8 Å². The molecule has 1 aromatic rings. The van der Waals surface area contributed by atoms with E-state index in [-0.39, 0.29) is 37.1 Å². The predicted molar refractivity (Wildman–Crippen MR) is 62.2 cm³/mol. The fourth-order valence-corrected chi connectivity index (χ4v) is 1.20. The Kier molecular flexibility index (Phi) is 4.71. The Morgan fingerprint density at radius 3 is 2.65 bits per heavy atom. The van der Waals surface area contributed by atoms with Crippen molar-refractivity contribution in [2.45, 2.75) is 13.0 Å². The Morgan fingerprint density at radius 2 is 2.12 bits per heavy atom. The molecule has 1 rings (SSSR count). The van der Waals surface area contributed by atoms with E-state index in [0.717, 1.165) is 0 Å². The summed E-state index contributed by atoms with van der Waals surface area (Å²) in [4.78, 5) is 24.3. The van der Waals surface area contributed by atoms with Crippen LogP contribution in [0.5, 0.6) is 0 Å². The number of carbonyl (C=O) groups is 2. The molecule has 1 heterocycles. The van der Waals surface area contributed by atoms with E-state index >= 15 is 0 Å². The highest BCUT2D eigenvalue weighted by Gasteiger charge is 2.11. The van der Waals surface area contributed by atoms with Gasteiger partial charge in [-0.15, -0.1) is 0 Å². The zero-order valence-electron chi connectivity index (χ0n) is 10.0. The molecule has 6 heteroatoms. The molecule has 0 atom stereocenters. The molecule has 0 unspecified atom stereocenters. The monoisotopic (exact) mass is 239 g/mol. The van der Waals surface area contributed by atoms with Gasteiger partial charge >= 0.3 is 0 Å². The Morgan fingerprint density at radius 1 is 1.41 bits per heavy atom. The third kappa shape index (κ3) is 3.92. The summed E-state index contributed by atoms with van der Waals surface area (Å²) in [5, 5.41) is 2.60. The van der Waals surface area contributed by atoms with Crippen LogP contribution in [0.3, 0.4) is 0 Å². The molecule has 0 aromatic carbocycles. The maximum Gasteiger partial charge on any atom is 0.287 e. The quantitative estimate of drug-likeness (QED) is 0.753. The van der Waals surface area contributed by atoms with Crippen molar-refractivity contribution in [3.63, 3.8) is 0 Å². The van der Waals surface area contributed by atoms with Gasteiger partial charge in [-0.2, -0.15) is 0 Å². The number of amides is 2. The molecule has 2 amide bonds. The molecule has 0 saturated carbocycles. The highest BCUT2D eigenvalue weighted by molar-refractivity contribution is 5.91. The lowest BCUT2D eigenvalue weighted by Gasteiger charge is -2.09. The van der Waals surface area contributed by atoms with Gasteiger partial charge in [-0.3, -0.25) is 9.59 Å². The van der Waals surface area contributed by atoms with Gasteiger partial charge in [-0.1, -0.05) is 0 Å². The van der Waals surface area contributed by atoms with Crippen LogP contribution in [0.2, 0.25) is 0 Å². The summed E-state index contributed by atoms with van der Waals surface area (Å²) in [5.74, 6) is 0.394. The van der Waals surface area contributed by atoms with E-state index in [2.05, 4.69) is 5.32 Å². The highest BCUT2D eigenvalue weighted by atomic mass is 16.4. The predicted octanol–water partition coefficient (Wildman–Crippen LogP) is -0.0536. The van der Waals surface area contributed by atoms with E-state index in [9.17, 15) is 9.59 Å². The van der Waals surface area contributed by atoms with Crippen molar-refractivity contribution in [2.75, 3.05) is 20.6 Å². The molecular weight excluding hydrogens is 222 g/mol. The summed E-state index contributed by atoms with van der Waals surface area (Å²) < 4.78 is 5.17. The van der Waals surface area contributed by atoms with Gasteiger partial charge in [0.2, 0.25) is 5.91 Å². The van der Waals surface area contributed by atoms with E-state index in [1.54, 1.807) is 26.2 Å². The van der Waals surface area contributed by atoms with Gasteiger partial charge in [-0.25, -0.2) is 0 Å². The van der Waals surface area contributed by atoms with Crippen molar-refractivity contribution in [3.8, 4) is 0 Å². The second-order valence-corrected chi connectivity index (χ2v) is 3.76. The minimum atomic E-state index is -0.337. The van der Waals surface area contributed by atoms with E-state index in [1.165, 1.54) is 4.90 Å². The number of nitrogens with one attached hydrogen (secondary N) is 1. The standard InChI is InChI=1S/C11H17N3O3/c1-14(2)10(15)5-6-13-11(16)9-4-3-8(7-12)17-9/h3-4H,5-7,12H2,1-2H3,(H,13,16). The summed E-state index contributed by atoms with van der Waals surface area (Å²) in [6.45, 7) is 0.543. The number of carbonyl (C=O) groups excluding carboxylic acids is 2. The van der Waals surface area contributed by atoms with Gasteiger partial charge in [0, 0.05) is 27.1 Å². The van der Waals surface area contributed by atoms with Gasteiger partial charge in [-0.05, 0) is 12.1 Å². The lowest BCUT2D eigenvalue weighted by molar-refractivity contribution is -0.128. The van der Waals surface area contributed by atoms with Crippen LogP contribution >= 0.6 is 0 Å². The smallest absolute Gasteiger partial charge is 0.287 e. The largest absolute Gasteiger partial charge is 0.455 e. The summed E-state index contributed by atoms with van der Waals surface area (Å²) in [5.41, 5.74) is 5.36. The maximum atomic E-state index is 11.6. The van der Waals surface area contributed by atoms with Crippen molar-refractivity contribution in [1.29, 1.82) is 0 Å². The zero-order valence-corrected chi connectivity index (χ0v) is 10.0. The summed E-state index contributed by atoms with van der Waals surface area (Å²) in [6, 6.07) is 3.21. The molecule has 0 saturated heterocycles. The third-order valence-corrected chi connectivity index (χ3v) is 2.21. The van der Waals surface area contributed by atoms with Crippen LogP contribution in [0.15, 0.2) is 16.5 Å². The van der Waals surface area contributed by atoms with Crippen molar-refractivity contribution in [2.24, 2.45) is 5.73 Å². The van der Waals surface area contributed by atoms with Crippen molar-refractivity contribution in [1.82, 2.24) is 10.2 Å². The second kappa shape index (κ2) is 6.05. The van der Waals surface area contributed by atoms with Gasteiger partial charge in [0.25, 0.3) is 5.91 Å². The van der Waals surface area contributed by atoms with E-state index in [4.69, 9.17) is 10.2 Å². The Labute approximate surface area is 99.8 Å². The second-order valence-electron chi connectivity index (χ2n) is 3.76. The molecule has 1 aromatic heterocycles. The number of rotatable bonds is 5. The molecule has 0 radical (unpaired) electrons. The molecule has 94 valence electrons. The SMILES string of the molecule is CN(C)C(=O)CCNC(=O)c1ccc(CN)o1. The van der Waals surface area contributed by atoms with Gasteiger partial charge in [0.1, 0.15) is 5.76 Å². The van der Waals surface area contributed by atoms with Crippen LogP contribution in [-0.4, -0.2) is 37.4 Å². The van der Waals surface area contributed by atoms with Crippen molar-refractivity contribution < 1.29 is 14.0 Å². The van der Waals surface area contributed by atoms with E-state index in [1.807, 2.05) is 0 Å². The lowest BCUT2D eigenvalue weighted by Crippen LogP contribution is -2.29. The first-order valence-electron chi connectivity index (χ1n) is 5.31. The van der Waals surface area contributed by atoms with Crippen LogP contribution in [0.1, 0.15) is 22.7 Å². The number of hydrogen-bond acceptors (Lipinski definition) is 4. The Bertz CT molecular complexity index is 398. The Balaban J connectivity index is 2.37. The van der Waals surface area contributed by atoms with Crippen LogP contribution in [-0.2, 0) is 11.3 Å². The summed E-state index contributed by atoms with van der Waals surface area (Å²) >= 11 is 0. The molecular formula is C11H17N3O3. The molecule has 17 heavy (non-hydrogen) atoms. The topological polar surface area (TPSA) is 88.6 Å². The van der Waals surface area contributed by atoms with Crippen molar-refractivity contribution in [3.05, 3.63) is 23.7 Å². The number of hydrogen-bond donors (Lipinski definition) is 2. The minimum absolute atomic E-state index is 0.0348. The van der Waals surface area contributed by atoms with Crippen LogP contribution < -0.4 is 11.1 Å². The molecule has 0 aliphatic carbocycles. The third-order valence-electron chi connectivity index (χ3n) is 2.21. The average Bonchev–Trinajstić information content (AvgIpc) is 2.77. The van der Waals surface area contributed by atoms with Gasteiger partial charge in [0.05, 0.1) is 6.54 Å². The maximum absolute atomic E-state index is 11.6. The van der Waals surface area contributed by atoms with Crippen LogP contribution in [0.4, 0.5) is 0 Å². The number of nitrogens with zero attached hydrogens (tertiary/aromatic N) is 1. The van der Waals surface area contributed by atoms with Gasteiger partial charge in [0.15, 0.2) is 5.76 Å². The van der Waals surface area contributed by atoms with E-state index in [0.29, 0.717) is 5.76 Å². The van der Waals surface area contributed by atoms with E-state index < -0.39 is 0 Å². The zero-order chi connectivity index (χ0) is 12.8. The molecule has 0 aliphatic rings. The minimum Gasteiger partial charge on any atom is -0.455 e. The number of nitrogens with two attached hydrogens (primary N) is 1. The summed E-state index contributed by atoms with van der Waals surface area (Å²) in [7, 11) is 3.34. The fraction of sp³-hybridized carbons (Fsp3) is 0.455. The molecule has 0 spiro atoms. The molecule has 0 aliphatic heterocycles. The molecule has 0 bridgehead atoms. The first-order valence-corrected chi connectivity index (χ1v) is 5.31. The molecule has 3 N–H and O–H groups in total. The average molecular weight is 239 g/mol. The van der Waals surface area contributed by atoms with Crippen LogP contribution in [0.25, 0.3) is 0 Å². The normalized spacial score (nSPS) is 10.1. The first kappa shape index (κ1) is 13.2. The Hall–Kier alpha value is -1.82. The molecule has 6 nitrogen and oxygen atoms in total. The van der Waals surface area contributed by atoms with Gasteiger partial charge < -0.3 is 20.4 Å². The molecule has 0 fully saturated rings. The highest BCUT2D eigenvalue weighted by Crippen LogP contribution is 2.06. The van der Waals surface area contributed by atoms with Crippen LogP contribution in [0, 0.1) is 0 Å². The lowest BCUT2D eigenvalue weighted by atomic mass is 10.3. The first-order chi connectivity index (χ1) is 8.04. The fourth-order valence-electron chi connectivity index (χ4n) is 1.20.